The molecule has 2 unspecified atom stereocenters. The maximum Gasteiger partial charge on any atom is 0.151 e. The Morgan fingerprint density at radius 2 is 1.93 bits per heavy atom. The van der Waals surface area contributed by atoms with Gasteiger partial charge in [-0.25, -0.2) is 8.42 Å². The number of aliphatic hydroxyl groups excluding tert-OH is 1. The van der Waals surface area contributed by atoms with E-state index in [2.05, 4.69) is 5.32 Å². The van der Waals surface area contributed by atoms with Gasteiger partial charge < -0.3 is 10.4 Å². The van der Waals surface area contributed by atoms with E-state index in [1.807, 2.05) is 0 Å². The summed E-state index contributed by atoms with van der Waals surface area (Å²) in [6.45, 7) is 0. The summed E-state index contributed by atoms with van der Waals surface area (Å²) in [6.07, 6.45) is 5.41. The van der Waals surface area contributed by atoms with Crippen LogP contribution >= 0.6 is 0 Å². The molecule has 2 rings (SSSR count). The lowest BCUT2D eigenvalue weighted by molar-refractivity contribution is 0.0582. The number of sulfone groups is 1. The monoisotopic (exact) mass is 233 g/mol. The molecule has 2 saturated carbocycles. The fourth-order valence-electron chi connectivity index (χ4n) is 2.66. The van der Waals surface area contributed by atoms with Gasteiger partial charge in [0.2, 0.25) is 0 Å². The molecule has 5 heteroatoms. The normalized spacial score (nSPS) is 41.5. The molecule has 0 aromatic heterocycles. The third-order valence-corrected chi connectivity index (χ3v) is 5.23. The minimum absolute atomic E-state index is 0.109. The van der Waals surface area contributed by atoms with E-state index in [-0.39, 0.29) is 17.4 Å². The summed E-state index contributed by atoms with van der Waals surface area (Å²) in [5, 5.41) is 12.3. The lowest BCUT2D eigenvalue weighted by Gasteiger charge is -2.35. The molecule has 0 radical (unpaired) electrons. The van der Waals surface area contributed by atoms with Gasteiger partial charge in [-0.15, -0.1) is 0 Å². The minimum Gasteiger partial charge on any atom is -0.393 e. The predicted molar refractivity (Wildman–Crippen MR) is 58.4 cm³/mol. The van der Waals surface area contributed by atoms with Gasteiger partial charge in [0.15, 0.2) is 9.84 Å². The Balaban J connectivity index is 1.91. The quantitative estimate of drug-likeness (QED) is 0.723. The summed E-state index contributed by atoms with van der Waals surface area (Å²) in [4.78, 5) is 0. The Kier molecular flexibility index (Phi) is 3.05. The van der Waals surface area contributed by atoms with Crippen molar-refractivity contribution in [3.8, 4) is 0 Å². The molecule has 2 fully saturated rings. The van der Waals surface area contributed by atoms with Crippen LogP contribution in [0.15, 0.2) is 0 Å². The Hall–Kier alpha value is -0.130. The van der Waals surface area contributed by atoms with Gasteiger partial charge >= 0.3 is 0 Å². The highest BCUT2D eigenvalue weighted by Gasteiger charge is 2.38. The maximum atomic E-state index is 11.5. The van der Waals surface area contributed by atoms with Crippen LogP contribution in [-0.2, 0) is 9.84 Å². The van der Waals surface area contributed by atoms with Crippen LogP contribution in [-0.4, -0.2) is 43.2 Å². The van der Waals surface area contributed by atoms with Gasteiger partial charge in [0, 0.05) is 18.3 Å². The van der Waals surface area contributed by atoms with E-state index in [4.69, 9.17) is 5.11 Å². The van der Waals surface area contributed by atoms with Crippen LogP contribution in [0, 0.1) is 0 Å². The smallest absolute Gasteiger partial charge is 0.151 e. The molecule has 2 aliphatic carbocycles. The molecule has 2 atom stereocenters. The molecule has 0 aliphatic heterocycles. The SMILES string of the molecule is CS(=O)(=O)C1CCCC1NC1CC(O)C1. The van der Waals surface area contributed by atoms with Crippen molar-refractivity contribution in [2.75, 3.05) is 6.26 Å². The first-order chi connectivity index (χ1) is 6.97. The van der Waals surface area contributed by atoms with E-state index < -0.39 is 9.84 Å². The molecule has 2 aliphatic rings. The lowest BCUT2D eigenvalue weighted by Crippen LogP contribution is -2.51. The summed E-state index contributed by atoms with van der Waals surface area (Å²) >= 11 is 0. The van der Waals surface area contributed by atoms with E-state index in [0.717, 1.165) is 32.1 Å². The molecule has 0 spiro atoms. The van der Waals surface area contributed by atoms with Gasteiger partial charge in [0.05, 0.1) is 11.4 Å². The zero-order chi connectivity index (χ0) is 11.1. The van der Waals surface area contributed by atoms with Crippen LogP contribution in [0.3, 0.4) is 0 Å². The zero-order valence-electron chi connectivity index (χ0n) is 9.02. The van der Waals surface area contributed by atoms with E-state index in [1.165, 1.54) is 6.26 Å². The fraction of sp³-hybridized carbons (Fsp3) is 1.00. The maximum absolute atomic E-state index is 11.5. The van der Waals surface area contributed by atoms with Crippen molar-refractivity contribution >= 4 is 9.84 Å². The highest BCUT2D eigenvalue weighted by atomic mass is 32.2. The highest BCUT2D eigenvalue weighted by molar-refractivity contribution is 7.91. The van der Waals surface area contributed by atoms with Crippen LogP contribution in [0.1, 0.15) is 32.1 Å². The van der Waals surface area contributed by atoms with E-state index in [9.17, 15) is 8.42 Å². The molecule has 0 bridgehead atoms. The summed E-state index contributed by atoms with van der Waals surface area (Å²) in [6, 6.07) is 0.435. The van der Waals surface area contributed by atoms with Gasteiger partial charge in [-0.1, -0.05) is 6.42 Å². The summed E-state index contributed by atoms with van der Waals surface area (Å²) < 4.78 is 23.0. The van der Waals surface area contributed by atoms with Crippen LogP contribution in [0.5, 0.6) is 0 Å². The van der Waals surface area contributed by atoms with Crippen molar-refractivity contribution in [2.24, 2.45) is 0 Å². The van der Waals surface area contributed by atoms with Crippen LogP contribution in [0.4, 0.5) is 0 Å². The standard InChI is InChI=1S/C10H19NO3S/c1-15(13,14)10-4-2-3-9(10)11-7-5-8(12)6-7/h7-12H,2-6H2,1H3. The van der Waals surface area contributed by atoms with Crippen molar-refractivity contribution in [3.63, 3.8) is 0 Å². The number of nitrogens with one attached hydrogen (secondary N) is 1. The van der Waals surface area contributed by atoms with Crippen molar-refractivity contribution < 1.29 is 13.5 Å². The van der Waals surface area contributed by atoms with E-state index >= 15 is 0 Å². The van der Waals surface area contributed by atoms with Crippen LogP contribution < -0.4 is 5.32 Å². The Labute approximate surface area is 91.0 Å². The fourth-order valence-corrected chi connectivity index (χ4v) is 4.06. The first kappa shape index (κ1) is 11.4. The minimum atomic E-state index is -2.92. The van der Waals surface area contributed by atoms with Gasteiger partial charge in [0.25, 0.3) is 0 Å². The largest absolute Gasteiger partial charge is 0.393 e. The van der Waals surface area contributed by atoms with Crippen molar-refractivity contribution in [1.82, 2.24) is 5.32 Å². The average Bonchev–Trinajstić information content (AvgIpc) is 2.48. The average molecular weight is 233 g/mol. The second-order valence-electron chi connectivity index (χ2n) is 4.89. The predicted octanol–water partition coefficient (Wildman–Crippen LogP) is 0.0650. The van der Waals surface area contributed by atoms with Crippen molar-refractivity contribution in [1.29, 1.82) is 0 Å². The second-order valence-corrected chi connectivity index (χ2v) is 7.16. The molecule has 0 saturated heterocycles. The van der Waals surface area contributed by atoms with Crippen molar-refractivity contribution in [2.45, 2.75) is 55.5 Å². The molecule has 0 aromatic rings. The summed E-state index contributed by atoms with van der Waals surface area (Å²) in [5.74, 6) is 0. The third-order valence-electron chi connectivity index (χ3n) is 3.57. The van der Waals surface area contributed by atoms with Crippen LogP contribution in [0.25, 0.3) is 0 Å². The topological polar surface area (TPSA) is 66.4 Å². The van der Waals surface area contributed by atoms with Crippen LogP contribution in [0.2, 0.25) is 0 Å². The molecule has 0 heterocycles. The van der Waals surface area contributed by atoms with Gasteiger partial charge in [-0.2, -0.15) is 0 Å². The molecule has 15 heavy (non-hydrogen) atoms. The van der Waals surface area contributed by atoms with Gasteiger partial charge in [0.1, 0.15) is 0 Å². The molecule has 88 valence electrons. The Morgan fingerprint density at radius 1 is 1.27 bits per heavy atom. The molecule has 4 nitrogen and oxygen atoms in total. The molecule has 2 N–H and O–H groups in total. The first-order valence-electron chi connectivity index (χ1n) is 5.60. The summed E-state index contributed by atoms with van der Waals surface area (Å²) in [7, 11) is -2.92. The lowest BCUT2D eigenvalue weighted by atomic mass is 9.89. The number of hydrogen-bond donors (Lipinski definition) is 2. The number of hydrogen-bond acceptors (Lipinski definition) is 4. The Morgan fingerprint density at radius 3 is 2.47 bits per heavy atom. The van der Waals surface area contributed by atoms with Crippen molar-refractivity contribution in [3.05, 3.63) is 0 Å². The van der Waals surface area contributed by atoms with E-state index in [0.29, 0.717) is 6.04 Å². The first-order valence-corrected chi connectivity index (χ1v) is 7.55. The highest BCUT2D eigenvalue weighted by Crippen LogP contribution is 2.28. The Bertz CT molecular complexity index is 322. The summed E-state index contributed by atoms with van der Waals surface area (Å²) in [5.41, 5.74) is 0. The zero-order valence-corrected chi connectivity index (χ0v) is 9.83. The molecule has 0 aromatic carbocycles. The van der Waals surface area contributed by atoms with E-state index in [1.54, 1.807) is 0 Å². The number of rotatable bonds is 3. The second kappa shape index (κ2) is 4.03. The molecular weight excluding hydrogens is 214 g/mol. The van der Waals surface area contributed by atoms with Gasteiger partial charge in [-0.05, 0) is 25.7 Å². The molecule has 0 amide bonds. The molecular formula is C10H19NO3S. The van der Waals surface area contributed by atoms with Gasteiger partial charge in [-0.3, -0.25) is 0 Å². The number of aliphatic hydroxyl groups is 1. The third kappa shape index (κ3) is 2.52.